The van der Waals surface area contributed by atoms with Gasteiger partial charge >= 0.3 is 5.97 Å². The van der Waals surface area contributed by atoms with E-state index in [9.17, 15) is 9.90 Å². The van der Waals surface area contributed by atoms with Crippen molar-refractivity contribution in [1.29, 1.82) is 0 Å². The lowest BCUT2D eigenvalue weighted by atomic mass is 9.30. The zero-order valence-electron chi connectivity index (χ0n) is 22.3. The molecular weight excluding hydrogens is 408 g/mol. The largest absolute Gasteiger partial charge is 0.459 e. The van der Waals surface area contributed by atoms with Crippen LogP contribution in [0, 0.1) is 56.7 Å². The topological polar surface area (TPSA) is 46.5 Å². The molecule has 5 aliphatic carbocycles. The summed E-state index contributed by atoms with van der Waals surface area (Å²) in [6.07, 6.45) is 11.4. The second-order valence-electron chi connectivity index (χ2n) is 15.2. The smallest absolute Gasteiger partial charge is 0.312 e. The lowest BCUT2D eigenvalue weighted by molar-refractivity contribution is -0.289. The van der Waals surface area contributed by atoms with Crippen LogP contribution in [0.25, 0.3) is 0 Å². The van der Waals surface area contributed by atoms with E-state index < -0.39 is 0 Å². The van der Waals surface area contributed by atoms with Crippen molar-refractivity contribution in [3.63, 3.8) is 0 Å². The summed E-state index contributed by atoms with van der Waals surface area (Å²) in [5, 5.41) is 10.9. The van der Waals surface area contributed by atoms with E-state index in [1.54, 1.807) is 0 Å². The fraction of sp³-hybridized carbons (Fsp3) is 0.967. The first kappa shape index (κ1) is 22.9. The summed E-state index contributed by atoms with van der Waals surface area (Å²) in [5.41, 5.74) is 0.485. The Balaban J connectivity index is 1.41. The SMILES string of the molecule is C[C@H]1[C@@H]2[C@H]3CC[C@@H]4[C@@]5(C)CC[C@H](O)C(C)(C)[C@@H]5CC[C@@]4(C)[C@]3(C)CC[C@@]23CC[C@]1(C)OC3=O. The third-order valence-electron chi connectivity index (χ3n) is 14.4. The Morgan fingerprint density at radius 1 is 0.788 bits per heavy atom. The number of hydrogen-bond donors (Lipinski definition) is 1. The first-order valence-corrected chi connectivity index (χ1v) is 14.2. The highest BCUT2D eigenvalue weighted by Gasteiger charge is 2.74. The van der Waals surface area contributed by atoms with Crippen LogP contribution in [0.15, 0.2) is 0 Å². The van der Waals surface area contributed by atoms with E-state index in [-0.39, 0.29) is 28.5 Å². The highest BCUT2D eigenvalue weighted by atomic mass is 16.6. The van der Waals surface area contributed by atoms with E-state index in [0.717, 1.165) is 31.6 Å². The molecule has 7 aliphatic rings. The number of carbonyl (C=O) groups is 1. The van der Waals surface area contributed by atoms with Crippen molar-refractivity contribution in [3.8, 4) is 0 Å². The van der Waals surface area contributed by atoms with Gasteiger partial charge in [-0.3, -0.25) is 4.79 Å². The molecule has 2 saturated heterocycles. The predicted molar refractivity (Wildman–Crippen MR) is 130 cm³/mol. The van der Waals surface area contributed by atoms with Crippen LogP contribution in [0.4, 0.5) is 0 Å². The van der Waals surface area contributed by atoms with Crippen molar-refractivity contribution in [3.05, 3.63) is 0 Å². The van der Waals surface area contributed by atoms with Crippen molar-refractivity contribution >= 4 is 5.97 Å². The summed E-state index contributed by atoms with van der Waals surface area (Å²) < 4.78 is 6.15. The van der Waals surface area contributed by atoms with Gasteiger partial charge in [0.1, 0.15) is 5.60 Å². The summed E-state index contributed by atoms with van der Waals surface area (Å²) in [6, 6.07) is 0. The van der Waals surface area contributed by atoms with E-state index in [1.165, 1.54) is 38.5 Å². The molecule has 1 spiro atoms. The van der Waals surface area contributed by atoms with Gasteiger partial charge in [-0.25, -0.2) is 0 Å². The molecule has 0 aromatic carbocycles. The van der Waals surface area contributed by atoms with E-state index in [2.05, 4.69) is 48.5 Å². The molecule has 0 radical (unpaired) electrons. The zero-order valence-corrected chi connectivity index (χ0v) is 22.3. The van der Waals surface area contributed by atoms with Crippen LogP contribution in [0.1, 0.15) is 113 Å². The molecule has 186 valence electrons. The molecule has 2 bridgehead atoms. The Kier molecular flexibility index (Phi) is 4.44. The number of hydrogen-bond acceptors (Lipinski definition) is 3. The van der Waals surface area contributed by atoms with E-state index in [0.29, 0.717) is 39.9 Å². The number of esters is 1. The molecular formula is C30H48O3. The summed E-state index contributed by atoms with van der Waals surface area (Å²) in [7, 11) is 0. The van der Waals surface area contributed by atoms with Gasteiger partial charge in [-0.1, -0.05) is 41.5 Å². The second kappa shape index (κ2) is 6.40. The maximum atomic E-state index is 13.4. The number of aliphatic hydroxyl groups is 1. The van der Waals surface area contributed by atoms with Gasteiger partial charge in [0.2, 0.25) is 0 Å². The molecule has 33 heavy (non-hydrogen) atoms. The minimum atomic E-state index is -0.257. The third-order valence-corrected chi connectivity index (χ3v) is 14.4. The molecule has 3 nitrogen and oxygen atoms in total. The molecule has 5 saturated carbocycles. The number of ether oxygens (including phenoxy) is 1. The Morgan fingerprint density at radius 3 is 2.18 bits per heavy atom. The minimum Gasteiger partial charge on any atom is -0.459 e. The van der Waals surface area contributed by atoms with Gasteiger partial charge in [0.15, 0.2) is 0 Å². The normalized spacial score (nSPS) is 61.3. The van der Waals surface area contributed by atoms with Crippen LogP contribution >= 0.6 is 0 Å². The zero-order chi connectivity index (χ0) is 23.8. The summed E-state index contributed by atoms with van der Waals surface area (Å²) in [6.45, 7) is 17.2. The van der Waals surface area contributed by atoms with Crippen LogP contribution in [0.2, 0.25) is 0 Å². The third kappa shape index (κ3) is 2.40. The maximum absolute atomic E-state index is 13.4. The van der Waals surface area contributed by atoms with Gasteiger partial charge in [0.25, 0.3) is 0 Å². The van der Waals surface area contributed by atoms with Crippen LogP contribution in [0.5, 0.6) is 0 Å². The van der Waals surface area contributed by atoms with Gasteiger partial charge in [-0.15, -0.1) is 0 Å². The molecule has 0 unspecified atom stereocenters. The maximum Gasteiger partial charge on any atom is 0.312 e. The molecule has 0 amide bonds. The Hall–Kier alpha value is -0.570. The van der Waals surface area contributed by atoms with Gasteiger partial charge in [-0.05, 0) is 122 Å². The van der Waals surface area contributed by atoms with Crippen LogP contribution in [-0.2, 0) is 9.53 Å². The molecule has 7 rings (SSSR count). The molecule has 2 aliphatic heterocycles. The Labute approximate surface area is 201 Å². The molecule has 0 aromatic heterocycles. The van der Waals surface area contributed by atoms with Crippen molar-refractivity contribution < 1.29 is 14.6 Å². The average Bonchev–Trinajstić information content (AvgIpc) is 2.73. The average molecular weight is 457 g/mol. The molecule has 11 atom stereocenters. The van der Waals surface area contributed by atoms with E-state index >= 15 is 0 Å². The van der Waals surface area contributed by atoms with Gasteiger partial charge in [0, 0.05) is 0 Å². The lowest BCUT2D eigenvalue weighted by Gasteiger charge is -2.75. The van der Waals surface area contributed by atoms with Crippen molar-refractivity contribution in [1.82, 2.24) is 0 Å². The summed E-state index contributed by atoms with van der Waals surface area (Å²) >= 11 is 0. The quantitative estimate of drug-likeness (QED) is 0.409. The second-order valence-corrected chi connectivity index (χ2v) is 15.2. The highest BCUT2D eigenvalue weighted by Crippen LogP contribution is 2.78. The fourth-order valence-corrected chi connectivity index (χ4v) is 12.0. The highest BCUT2D eigenvalue weighted by molar-refractivity contribution is 5.80. The monoisotopic (exact) mass is 456 g/mol. The van der Waals surface area contributed by atoms with E-state index in [1.807, 2.05) is 0 Å². The minimum absolute atomic E-state index is 0.0120. The van der Waals surface area contributed by atoms with Crippen molar-refractivity contribution in [2.75, 3.05) is 0 Å². The molecule has 0 aromatic rings. The molecule has 1 N–H and O–H groups in total. The van der Waals surface area contributed by atoms with Gasteiger partial charge in [0.05, 0.1) is 11.5 Å². The van der Waals surface area contributed by atoms with Crippen LogP contribution in [-0.4, -0.2) is 22.8 Å². The first-order chi connectivity index (χ1) is 15.3. The molecule has 2 heterocycles. The summed E-state index contributed by atoms with van der Waals surface area (Å²) in [4.78, 5) is 13.4. The summed E-state index contributed by atoms with van der Waals surface area (Å²) in [5.74, 6) is 3.07. The van der Waals surface area contributed by atoms with E-state index in [4.69, 9.17) is 4.74 Å². The van der Waals surface area contributed by atoms with Crippen LogP contribution in [0.3, 0.4) is 0 Å². The fourth-order valence-electron chi connectivity index (χ4n) is 12.0. The Morgan fingerprint density at radius 2 is 1.48 bits per heavy atom. The van der Waals surface area contributed by atoms with Crippen LogP contribution < -0.4 is 0 Å². The molecule has 3 heteroatoms. The van der Waals surface area contributed by atoms with Crippen molar-refractivity contribution in [2.45, 2.75) is 124 Å². The van der Waals surface area contributed by atoms with Crippen molar-refractivity contribution in [2.24, 2.45) is 56.7 Å². The lowest BCUT2D eigenvalue weighted by Crippen LogP contribution is -2.72. The number of carbonyl (C=O) groups excluding carboxylic acids is 1. The number of rotatable bonds is 0. The van der Waals surface area contributed by atoms with Gasteiger partial charge in [-0.2, -0.15) is 0 Å². The Bertz CT molecular complexity index is 880. The number of aliphatic hydroxyl groups excluding tert-OH is 1. The predicted octanol–water partition coefficient (Wildman–Crippen LogP) is 6.76. The number of fused-ring (bicyclic) bond motifs is 7. The first-order valence-electron chi connectivity index (χ1n) is 14.2. The molecule has 7 fully saturated rings. The standard InChI is InChI=1S/C30H48O3/c1-18-23-19-8-9-21-26(4)12-11-22(31)25(2,3)20(26)10-13-28(21,6)27(19,5)14-16-30(23)17-15-29(18,7)33-24(30)32/h18-23,31H,8-17H2,1-7H3/t18-,19+,20-,21+,22-,23+,26-,27+,28+,29-,30+/m0/s1. The van der Waals surface area contributed by atoms with Gasteiger partial charge < -0.3 is 9.84 Å².